The summed E-state index contributed by atoms with van der Waals surface area (Å²) < 4.78 is 0. The van der Waals surface area contributed by atoms with Gasteiger partial charge in [-0.2, -0.15) is 0 Å². The first-order valence-electron chi connectivity index (χ1n) is 13.3. The van der Waals surface area contributed by atoms with E-state index in [-0.39, 0.29) is 35.7 Å². The van der Waals surface area contributed by atoms with Gasteiger partial charge in [0, 0.05) is 31.6 Å². The van der Waals surface area contributed by atoms with Gasteiger partial charge in [0.25, 0.3) is 11.8 Å². The SMILES string of the molecule is CNCCCCC(NC)C(=O)NCCSC1=C(SCCNC(=O)C(CCCCNC)NC)C(=O)N(C)C1=O. The Morgan fingerprint density at radius 2 is 1.08 bits per heavy atom. The predicted molar refractivity (Wildman–Crippen MR) is 157 cm³/mol. The Labute approximate surface area is 236 Å². The molecule has 1 rings (SSSR count). The smallest absolute Gasteiger partial charge is 0.268 e. The summed E-state index contributed by atoms with van der Waals surface area (Å²) in [6.07, 6.45) is 5.40. The maximum Gasteiger partial charge on any atom is 0.268 e. The molecule has 0 aliphatic carbocycles. The predicted octanol–water partition coefficient (Wildman–Crippen LogP) is -0.149. The monoisotopic (exact) mass is 573 g/mol. The van der Waals surface area contributed by atoms with Gasteiger partial charge in [-0.15, -0.1) is 23.5 Å². The van der Waals surface area contributed by atoms with Crippen molar-refractivity contribution in [3.63, 3.8) is 0 Å². The molecule has 2 atom stereocenters. The second-order valence-electron chi connectivity index (χ2n) is 8.99. The van der Waals surface area contributed by atoms with Crippen molar-refractivity contribution in [2.75, 3.05) is 72.9 Å². The number of nitrogens with zero attached hydrogens (tertiary/aromatic N) is 1. The van der Waals surface area contributed by atoms with Crippen molar-refractivity contribution in [3.8, 4) is 0 Å². The third-order valence-corrected chi connectivity index (χ3v) is 8.45. The van der Waals surface area contributed by atoms with E-state index in [1.165, 1.54) is 30.6 Å². The number of nitrogens with one attached hydrogen (secondary N) is 6. The van der Waals surface area contributed by atoms with Crippen molar-refractivity contribution in [3.05, 3.63) is 9.81 Å². The Hall–Kier alpha value is -1.64. The molecule has 0 aromatic rings. The molecule has 0 bridgehead atoms. The van der Waals surface area contributed by atoms with Crippen molar-refractivity contribution >= 4 is 47.2 Å². The highest BCUT2D eigenvalue weighted by Crippen LogP contribution is 2.35. The third-order valence-electron chi connectivity index (χ3n) is 6.17. The number of thioether (sulfide) groups is 2. The Morgan fingerprint density at radius 3 is 1.42 bits per heavy atom. The summed E-state index contributed by atoms with van der Waals surface area (Å²) in [6, 6.07) is -0.511. The molecule has 1 aliphatic rings. The molecule has 0 saturated heterocycles. The number of hydrogen-bond donors (Lipinski definition) is 6. The van der Waals surface area contributed by atoms with Crippen LogP contribution < -0.4 is 31.9 Å². The van der Waals surface area contributed by atoms with Crippen LogP contribution in [0.4, 0.5) is 0 Å². The lowest BCUT2D eigenvalue weighted by molar-refractivity contribution is -0.135. The number of imide groups is 1. The van der Waals surface area contributed by atoms with Crippen LogP contribution in [-0.2, 0) is 19.2 Å². The minimum Gasteiger partial charge on any atom is -0.354 e. The van der Waals surface area contributed by atoms with Crippen LogP contribution in [0.2, 0.25) is 0 Å². The van der Waals surface area contributed by atoms with Crippen molar-refractivity contribution in [2.45, 2.75) is 50.6 Å². The van der Waals surface area contributed by atoms with Crippen molar-refractivity contribution in [1.82, 2.24) is 36.8 Å². The minimum atomic E-state index is -0.327. The van der Waals surface area contributed by atoms with Gasteiger partial charge in [-0.1, -0.05) is 12.8 Å². The first kappa shape index (κ1) is 34.4. The topological polar surface area (TPSA) is 144 Å². The molecule has 38 heavy (non-hydrogen) atoms. The number of likely N-dealkylation sites (N-methyl/N-ethyl adjacent to an activating group) is 3. The van der Waals surface area contributed by atoms with Crippen LogP contribution in [0.5, 0.6) is 0 Å². The number of carbonyl (C=O) groups excluding carboxylic acids is 4. The van der Waals surface area contributed by atoms with E-state index in [0.717, 1.165) is 56.5 Å². The highest BCUT2D eigenvalue weighted by atomic mass is 32.2. The zero-order valence-corrected chi connectivity index (χ0v) is 25.2. The van der Waals surface area contributed by atoms with E-state index >= 15 is 0 Å². The summed E-state index contributed by atoms with van der Waals surface area (Å²) in [5, 5.41) is 18.1. The van der Waals surface area contributed by atoms with Gasteiger partial charge in [-0.05, 0) is 67.0 Å². The van der Waals surface area contributed by atoms with Crippen LogP contribution in [0.25, 0.3) is 0 Å². The Bertz CT molecular complexity index is 736. The molecule has 1 heterocycles. The molecule has 0 radical (unpaired) electrons. The average Bonchev–Trinajstić information content (AvgIpc) is 3.11. The standard InChI is InChI=1S/C25H47N7O4S2/c1-26-12-8-6-10-18(28-3)22(33)30-14-16-37-20-21(25(36)32(5)24(20)35)38-17-15-31-23(34)19(29-4)11-7-9-13-27-2/h18-19,26-29H,6-17H2,1-5H3,(H,30,33)(H,31,34). The molecular formula is C25H47N7O4S2. The van der Waals surface area contributed by atoms with Crippen molar-refractivity contribution < 1.29 is 19.2 Å². The molecule has 13 heteroatoms. The van der Waals surface area contributed by atoms with E-state index in [2.05, 4.69) is 31.9 Å². The van der Waals surface area contributed by atoms with Gasteiger partial charge in [-0.3, -0.25) is 24.1 Å². The van der Waals surface area contributed by atoms with Crippen molar-refractivity contribution in [2.24, 2.45) is 0 Å². The third kappa shape index (κ3) is 12.0. The Morgan fingerprint density at radius 1 is 0.684 bits per heavy atom. The number of amides is 4. The fourth-order valence-corrected chi connectivity index (χ4v) is 5.99. The van der Waals surface area contributed by atoms with Gasteiger partial charge in [0.1, 0.15) is 0 Å². The lowest BCUT2D eigenvalue weighted by Gasteiger charge is -2.16. The summed E-state index contributed by atoms with van der Waals surface area (Å²) in [4.78, 5) is 52.1. The van der Waals surface area contributed by atoms with Crippen molar-refractivity contribution in [1.29, 1.82) is 0 Å². The maximum atomic E-state index is 12.6. The zero-order valence-electron chi connectivity index (χ0n) is 23.5. The van der Waals surface area contributed by atoms with Gasteiger partial charge in [-0.25, -0.2) is 0 Å². The molecule has 4 amide bonds. The van der Waals surface area contributed by atoms with Gasteiger partial charge in [0.2, 0.25) is 11.8 Å². The van der Waals surface area contributed by atoms with Gasteiger partial charge < -0.3 is 31.9 Å². The number of hydrogen-bond acceptors (Lipinski definition) is 10. The molecule has 11 nitrogen and oxygen atoms in total. The molecule has 218 valence electrons. The molecule has 0 aromatic carbocycles. The first-order valence-corrected chi connectivity index (χ1v) is 15.3. The van der Waals surface area contributed by atoms with Gasteiger partial charge in [0.05, 0.1) is 21.9 Å². The van der Waals surface area contributed by atoms with E-state index in [1.54, 1.807) is 14.1 Å². The van der Waals surface area contributed by atoms with E-state index in [4.69, 9.17) is 0 Å². The normalized spacial score (nSPS) is 15.2. The average molecular weight is 574 g/mol. The zero-order chi connectivity index (χ0) is 28.3. The van der Waals surface area contributed by atoms with Crippen LogP contribution in [-0.4, -0.2) is 114 Å². The first-order chi connectivity index (χ1) is 18.3. The van der Waals surface area contributed by atoms with Crippen LogP contribution in [0.3, 0.4) is 0 Å². The Kier molecular flexibility index (Phi) is 18.4. The van der Waals surface area contributed by atoms with Crippen LogP contribution in [0.15, 0.2) is 9.81 Å². The lowest BCUT2D eigenvalue weighted by Crippen LogP contribution is -2.43. The van der Waals surface area contributed by atoms with E-state index in [9.17, 15) is 19.2 Å². The van der Waals surface area contributed by atoms with Crippen LogP contribution in [0, 0.1) is 0 Å². The molecule has 6 N–H and O–H groups in total. The molecule has 0 saturated carbocycles. The Balaban J connectivity index is 2.51. The summed E-state index contributed by atoms with van der Waals surface area (Å²) >= 11 is 2.56. The summed E-state index contributed by atoms with van der Waals surface area (Å²) in [5.41, 5.74) is 0. The molecule has 0 aromatic heterocycles. The van der Waals surface area contributed by atoms with E-state index in [1.807, 2.05) is 14.1 Å². The van der Waals surface area contributed by atoms with E-state index in [0.29, 0.717) is 34.4 Å². The van der Waals surface area contributed by atoms with Crippen LogP contribution >= 0.6 is 23.5 Å². The molecule has 0 spiro atoms. The number of unbranched alkanes of at least 4 members (excludes halogenated alkanes) is 2. The minimum absolute atomic E-state index is 0.0651. The maximum absolute atomic E-state index is 12.6. The molecule has 1 aliphatic heterocycles. The highest BCUT2D eigenvalue weighted by molar-refractivity contribution is 8.08. The summed E-state index contributed by atoms with van der Waals surface area (Å²) in [6.45, 7) is 2.62. The van der Waals surface area contributed by atoms with Crippen LogP contribution in [0.1, 0.15) is 38.5 Å². The largest absolute Gasteiger partial charge is 0.354 e. The van der Waals surface area contributed by atoms with E-state index < -0.39 is 0 Å². The quantitative estimate of drug-likeness (QED) is 0.0764. The second-order valence-corrected chi connectivity index (χ2v) is 11.2. The molecular weight excluding hydrogens is 526 g/mol. The summed E-state index contributed by atoms with van der Waals surface area (Å²) in [5.74, 6) is 0.166. The number of carbonyl (C=O) groups is 4. The molecule has 0 fully saturated rings. The fraction of sp³-hybridized carbons (Fsp3) is 0.760. The van der Waals surface area contributed by atoms with Gasteiger partial charge in [0.15, 0.2) is 0 Å². The summed E-state index contributed by atoms with van der Waals surface area (Å²) in [7, 11) is 8.84. The fourth-order valence-electron chi connectivity index (χ4n) is 3.86. The number of rotatable bonds is 22. The van der Waals surface area contributed by atoms with Gasteiger partial charge >= 0.3 is 0 Å². The second kappa shape index (κ2) is 20.3. The lowest BCUT2D eigenvalue weighted by atomic mass is 10.1. The molecule has 2 unspecified atom stereocenters. The highest BCUT2D eigenvalue weighted by Gasteiger charge is 2.36.